The molecule has 0 bridgehead atoms. The summed E-state index contributed by atoms with van der Waals surface area (Å²) in [5.74, 6) is -0.212. The molecule has 0 radical (unpaired) electrons. The third-order valence-electron chi connectivity index (χ3n) is 5.84. The Morgan fingerprint density at radius 2 is 1.77 bits per heavy atom. The smallest absolute Gasteiger partial charge is 0.222 e. The number of amides is 2. The van der Waals surface area contributed by atoms with Crippen molar-refractivity contribution in [3.05, 3.63) is 35.6 Å². The third kappa shape index (κ3) is 4.23. The van der Waals surface area contributed by atoms with Crippen LogP contribution in [0.2, 0.25) is 0 Å². The molecule has 0 aromatic heterocycles. The Morgan fingerprint density at radius 1 is 1.15 bits per heavy atom. The number of aliphatic hydroxyl groups is 1. The first-order chi connectivity index (χ1) is 12.4. The van der Waals surface area contributed by atoms with E-state index >= 15 is 0 Å². The Bertz CT molecular complexity index is 664. The summed E-state index contributed by atoms with van der Waals surface area (Å²) in [4.78, 5) is 27.8. The number of aryl methyl sites for hydroxylation is 1. The highest BCUT2D eigenvalue weighted by Crippen LogP contribution is 2.35. The van der Waals surface area contributed by atoms with Crippen LogP contribution in [-0.4, -0.2) is 58.5 Å². The van der Waals surface area contributed by atoms with Gasteiger partial charge in [0.25, 0.3) is 0 Å². The minimum atomic E-state index is -0.753. The monoisotopic (exact) mass is 362 g/mol. The van der Waals surface area contributed by atoms with E-state index in [1.54, 1.807) is 24.0 Å². The molecule has 5 nitrogen and oxygen atoms in total. The molecular weight excluding hydrogens is 335 g/mol. The average molecular weight is 362 g/mol. The Kier molecular flexibility index (Phi) is 5.61. The van der Waals surface area contributed by atoms with Gasteiger partial charge in [0.05, 0.1) is 5.60 Å². The van der Waals surface area contributed by atoms with Gasteiger partial charge in [-0.05, 0) is 43.4 Å². The molecule has 2 saturated heterocycles. The number of hydrogen-bond acceptors (Lipinski definition) is 3. The maximum atomic E-state index is 12.9. The van der Waals surface area contributed by atoms with E-state index in [1.165, 1.54) is 12.1 Å². The predicted molar refractivity (Wildman–Crippen MR) is 95.8 cm³/mol. The highest BCUT2D eigenvalue weighted by molar-refractivity contribution is 5.76. The van der Waals surface area contributed by atoms with Gasteiger partial charge in [-0.1, -0.05) is 12.1 Å². The highest BCUT2D eigenvalue weighted by Gasteiger charge is 2.46. The van der Waals surface area contributed by atoms with Crippen molar-refractivity contribution in [2.45, 2.75) is 44.6 Å². The summed E-state index contributed by atoms with van der Waals surface area (Å²) in [6, 6.07) is 6.37. The Morgan fingerprint density at radius 3 is 2.42 bits per heavy atom. The minimum absolute atomic E-state index is 0.0230. The molecule has 0 spiro atoms. The van der Waals surface area contributed by atoms with E-state index in [0.29, 0.717) is 45.4 Å². The lowest BCUT2D eigenvalue weighted by molar-refractivity contribution is -0.152. The SMILES string of the molecule is CC(=O)N1CC[C@@]2(O)CCN(C(=O)CCCc3ccc(F)cc3)C[C@H]2C1. The summed E-state index contributed by atoms with van der Waals surface area (Å²) >= 11 is 0. The molecule has 2 fully saturated rings. The lowest BCUT2D eigenvalue weighted by atomic mass is 9.75. The number of rotatable bonds is 4. The van der Waals surface area contributed by atoms with Crippen molar-refractivity contribution in [3.63, 3.8) is 0 Å². The number of hydrogen-bond donors (Lipinski definition) is 1. The van der Waals surface area contributed by atoms with Gasteiger partial charge in [0.2, 0.25) is 11.8 Å². The Hall–Kier alpha value is -1.95. The molecular formula is C20H27FN2O3. The molecule has 1 aromatic rings. The first kappa shape index (κ1) is 18.8. The molecule has 0 unspecified atom stereocenters. The van der Waals surface area contributed by atoms with Crippen molar-refractivity contribution in [2.75, 3.05) is 26.2 Å². The van der Waals surface area contributed by atoms with Crippen molar-refractivity contribution in [1.29, 1.82) is 0 Å². The fourth-order valence-electron chi connectivity index (χ4n) is 4.07. The number of fused-ring (bicyclic) bond motifs is 1. The lowest BCUT2D eigenvalue weighted by Crippen LogP contribution is -2.61. The average Bonchev–Trinajstić information content (AvgIpc) is 2.62. The molecule has 2 aliphatic rings. The highest BCUT2D eigenvalue weighted by atomic mass is 19.1. The minimum Gasteiger partial charge on any atom is -0.389 e. The van der Waals surface area contributed by atoms with Crippen molar-refractivity contribution < 1.29 is 19.1 Å². The summed E-state index contributed by atoms with van der Waals surface area (Å²) in [6.45, 7) is 3.74. The van der Waals surface area contributed by atoms with Crippen LogP contribution in [0.3, 0.4) is 0 Å². The van der Waals surface area contributed by atoms with E-state index < -0.39 is 5.60 Å². The van der Waals surface area contributed by atoms with Crippen LogP contribution in [-0.2, 0) is 16.0 Å². The topological polar surface area (TPSA) is 60.9 Å². The van der Waals surface area contributed by atoms with E-state index in [1.807, 2.05) is 4.90 Å². The van der Waals surface area contributed by atoms with Crippen LogP contribution >= 0.6 is 0 Å². The van der Waals surface area contributed by atoms with E-state index in [4.69, 9.17) is 0 Å². The molecule has 2 atom stereocenters. The van der Waals surface area contributed by atoms with Gasteiger partial charge in [-0.3, -0.25) is 9.59 Å². The van der Waals surface area contributed by atoms with Gasteiger partial charge >= 0.3 is 0 Å². The van der Waals surface area contributed by atoms with Gasteiger partial charge in [0.1, 0.15) is 5.82 Å². The van der Waals surface area contributed by atoms with Crippen molar-refractivity contribution in [2.24, 2.45) is 5.92 Å². The molecule has 2 amide bonds. The number of likely N-dealkylation sites (tertiary alicyclic amines) is 2. The Balaban J connectivity index is 1.50. The van der Waals surface area contributed by atoms with Crippen LogP contribution < -0.4 is 0 Å². The number of piperidine rings is 2. The van der Waals surface area contributed by atoms with Crippen LogP contribution in [0.15, 0.2) is 24.3 Å². The number of halogens is 1. The second kappa shape index (κ2) is 7.74. The first-order valence-electron chi connectivity index (χ1n) is 9.37. The molecule has 1 aromatic carbocycles. The quantitative estimate of drug-likeness (QED) is 0.891. The molecule has 26 heavy (non-hydrogen) atoms. The predicted octanol–water partition coefficient (Wildman–Crippen LogP) is 1.98. The molecule has 2 aliphatic heterocycles. The summed E-state index contributed by atoms with van der Waals surface area (Å²) in [5.41, 5.74) is 0.271. The fourth-order valence-corrected chi connectivity index (χ4v) is 4.07. The third-order valence-corrected chi connectivity index (χ3v) is 5.84. The summed E-state index contributed by atoms with van der Waals surface area (Å²) in [5, 5.41) is 10.8. The largest absolute Gasteiger partial charge is 0.389 e. The first-order valence-corrected chi connectivity index (χ1v) is 9.37. The molecule has 0 saturated carbocycles. The fraction of sp³-hybridized carbons (Fsp3) is 0.600. The zero-order valence-corrected chi connectivity index (χ0v) is 15.3. The summed E-state index contributed by atoms with van der Waals surface area (Å²) in [6.07, 6.45) is 3.07. The molecule has 142 valence electrons. The van der Waals surface area contributed by atoms with Crippen molar-refractivity contribution >= 4 is 11.8 Å². The molecule has 0 aliphatic carbocycles. The maximum absolute atomic E-state index is 12.9. The number of benzene rings is 1. The van der Waals surface area contributed by atoms with Gasteiger partial charge in [-0.25, -0.2) is 4.39 Å². The van der Waals surface area contributed by atoms with E-state index in [9.17, 15) is 19.1 Å². The standard InChI is InChI=1S/C20H27FN2O3/c1-15(24)22-11-9-20(26)10-12-23(14-17(20)13-22)19(25)4-2-3-16-5-7-18(21)8-6-16/h5-8,17,26H,2-4,9-14H2,1H3/t17-,20-/m1/s1. The summed E-state index contributed by atoms with van der Waals surface area (Å²) in [7, 11) is 0. The number of carbonyl (C=O) groups is 2. The number of carbonyl (C=O) groups excluding carboxylic acids is 2. The number of nitrogens with zero attached hydrogens (tertiary/aromatic N) is 2. The molecule has 6 heteroatoms. The zero-order valence-electron chi connectivity index (χ0n) is 15.3. The van der Waals surface area contributed by atoms with Crippen molar-refractivity contribution in [3.8, 4) is 0 Å². The van der Waals surface area contributed by atoms with Gasteiger partial charge in [-0.15, -0.1) is 0 Å². The molecule has 1 N–H and O–H groups in total. The van der Waals surface area contributed by atoms with Crippen LogP contribution in [0, 0.1) is 11.7 Å². The normalized spacial score (nSPS) is 25.7. The van der Waals surface area contributed by atoms with Gasteiger partial charge in [0, 0.05) is 45.4 Å². The van der Waals surface area contributed by atoms with Gasteiger partial charge < -0.3 is 14.9 Å². The van der Waals surface area contributed by atoms with Crippen LogP contribution in [0.4, 0.5) is 4.39 Å². The van der Waals surface area contributed by atoms with Crippen LogP contribution in [0.25, 0.3) is 0 Å². The van der Waals surface area contributed by atoms with Gasteiger partial charge in [0.15, 0.2) is 0 Å². The maximum Gasteiger partial charge on any atom is 0.222 e. The summed E-state index contributed by atoms with van der Waals surface area (Å²) < 4.78 is 12.9. The van der Waals surface area contributed by atoms with Crippen LogP contribution in [0.5, 0.6) is 0 Å². The van der Waals surface area contributed by atoms with E-state index in [-0.39, 0.29) is 23.5 Å². The Labute approximate surface area is 153 Å². The second-order valence-electron chi connectivity index (χ2n) is 7.59. The van der Waals surface area contributed by atoms with E-state index in [2.05, 4.69) is 0 Å². The van der Waals surface area contributed by atoms with Crippen LogP contribution in [0.1, 0.15) is 38.2 Å². The second-order valence-corrected chi connectivity index (χ2v) is 7.59. The lowest BCUT2D eigenvalue weighted by Gasteiger charge is -2.50. The van der Waals surface area contributed by atoms with E-state index in [0.717, 1.165) is 18.4 Å². The van der Waals surface area contributed by atoms with Crippen molar-refractivity contribution in [1.82, 2.24) is 9.80 Å². The molecule has 3 rings (SSSR count). The zero-order chi connectivity index (χ0) is 18.7. The molecule has 2 heterocycles. The van der Waals surface area contributed by atoms with Gasteiger partial charge in [-0.2, -0.15) is 0 Å².